The Hall–Kier alpha value is -8.86. The van der Waals surface area contributed by atoms with Gasteiger partial charge in [0.15, 0.2) is 0 Å². The Kier molecular flexibility index (Phi) is 18.9. The first kappa shape index (κ1) is 49.5. The number of ether oxygens (including phenoxy) is 3. The number of phenolic OH excluding ortho intramolecular Hbond substituents is 3. The van der Waals surface area contributed by atoms with Crippen molar-refractivity contribution in [3.8, 4) is 34.5 Å². The molecule has 0 fully saturated rings. The fraction of sp³-hybridized carbons (Fsp3) is 0. The van der Waals surface area contributed by atoms with E-state index >= 15 is 0 Å². The van der Waals surface area contributed by atoms with E-state index < -0.39 is 23.9 Å². The molecule has 0 aliphatic carbocycles. The normalized spacial score (nSPS) is 9.88. The molecule has 0 aliphatic heterocycles. The third kappa shape index (κ3) is 14.7. The van der Waals surface area contributed by atoms with Crippen LogP contribution in [0.1, 0.15) is 47.8 Å². The summed E-state index contributed by atoms with van der Waals surface area (Å²) in [6, 6.07) is 30.8. The van der Waals surface area contributed by atoms with Gasteiger partial charge in [0.25, 0.3) is 0 Å². The number of nitrogens with zero attached hydrogens (tertiary/aromatic N) is 3. The Bertz CT molecular complexity index is 2580. The van der Waals surface area contributed by atoms with E-state index in [9.17, 15) is 49.2 Å². The minimum Gasteiger partial charge on any atom is -0.506 e. The first-order valence-corrected chi connectivity index (χ1v) is 17.9. The molecule has 6 aromatic carbocycles. The number of phenols is 3. The van der Waals surface area contributed by atoms with Gasteiger partial charge < -0.3 is 34.6 Å². The number of hydrogen-bond acceptors (Lipinski definition) is 16. The van der Waals surface area contributed by atoms with Crippen molar-refractivity contribution in [1.29, 1.82) is 0 Å². The minimum atomic E-state index is -1.06. The molecule has 4 N–H and O–H groups in total. The first-order chi connectivity index (χ1) is 30.3. The number of carboxylic acids is 1. The fourth-order valence-electron chi connectivity index (χ4n) is 4.83. The first-order valence-electron chi connectivity index (χ1n) is 17.9. The molecule has 0 saturated heterocycles. The summed E-state index contributed by atoms with van der Waals surface area (Å²) in [4.78, 5) is 77.5. The van der Waals surface area contributed by atoms with Crippen molar-refractivity contribution in [2.45, 2.75) is 0 Å². The van der Waals surface area contributed by atoms with E-state index in [-0.39, 0.29) is 73.8 Å². The third-order valence-electron chi connectivity index (χ3n) is 8.09. The molecule has 0 amide bonds. The molecular formula is C46H33FeN3O14+2. The van der Waals surface area contributed by atoms with Gasteiger partial charge in [-0.15, -0.1) is 14.7 Å². The number of benzene rings is 6. The Morgan fingerprint density at radius 3 is 0.984 bits per heavy atom. The standard InChI is InChI=1S/C16H11NO6.2C15H11NO4.Fe/c18-14-7-4-11(9-13(14)17-22)16(21)23-12-5-1-10(2-6-12)3-8-15(19)20;2*1-2-10-3-6-12(7-4-10)20-15(18)11-5-8-14(17)13(9-11)16-19;/h1-9,18H,(H,19,20);2*2-9,17H,1H2;/q;;;+2/b8-3-;;;. The summed E-state index contributed by atoms with van der Waals surface area (Å²) >= 11 is 0. The summed E-state index contributed by atoms with van der Waals surface area (Å²) < 4.78 is 15.4. The van der Waals surface area contributed by atoms with E-state index in [0.29, 0.717) is 17.1 Å². The van der Waals surface area contributed by atoms with Crippen molar-refractivity contribution >= 4 is 59.2 Å². The summed E-state index contributed by atoms with van der Waals surface area (Å²) in [5.74, 6) is -2.97. The number of hydrogen-bond donors (Lipinski definition) is 4. The van der Waals surface area contributed by atoms with Crippen molar-refractivity contribution in [2.75, 3.05) is 0 Å². The van der Waals surface area contributed by atoms with E-state index in [1.807, 2.05) is 0 Å². The number of esters is 3. The summed E-state index contributed by atoms with van der Waals surface area (Å²) in [7, 11) is 0. The van der Waals surface area contributed by atoms with Gasteiger partial charge in [-0.1, -0.05) is 61.7 Å². The van der Waals surface area contributed by atoms with Crippen molar-refractivity contribution in [3.63, 3.8) is 0 Å². The van der Waals surface area contributed by atoms with Crippen LogP contribution in [0.25, 0.3) is 18.2 Å². The molecule has 0 spiro atoms. The average molecular weight is 908 g/mol. The Morgan fingerprint density at radius 2 is 0.734 bits per heavy atom. The van der Waals surface area contributed by atoms with Crippen molar-refractivity contribution < 1.29 is 70.9 Å². The number of carbonyl (C=O) groups is 4. The van der Waals surface area contributed by atoms with Gasteiger partial charge in [0.05, 0.1) is 16.7 Å². The van der Waals surface area contributed by atoms with Crippen LogP contribution in [0.5, 0.6) is 34.5 Å². The zero-order valence-corrected chi connectivity index (χ0v) is 34.0. The topological polar surface area (TPSA) is 265 Å². The maximum Gasteiger partial charge on any atom is 2.00 e. The van der Waals surface area contributed by atoms with E-state index in [4.69, 9.17) is 19.3 Å². The molecule has 0 heterocycles. The molecule has 6 rings (SSSR count). The molecule has 0 atom stereocenters. The Morgan fingerprint density at radius 1 is 0.453 bits per heavy atom. The van der Waals surface area contributed by atoms with E-state index in [0.717, 1.165) is 23.3 Å². The monoisotopic (exact) mass is 907 g/mol. The summed E-state index contributed by atoms with van der Waals surface area (Å²) in [6.45, 7) is 7.25. The molecule has 64 heavy (non-hydrogen) atoms. The van der Waals surface area contributed by atoms with Gasteiger partial charge in [0, 0.05) is 6.08 Å². The number of carbonyl (C=O) groups excluding carboxylic acids is 3. The second-order valence-corrected chi connectivity index (χ2v) is 12.3. The van der Waals surface area contributed by atoms with Gasteiger partial charge in [0.1, 0.15) is 51.6 Å². The van der Waals surface area contributed by atoms with Crippen LogP contribution in [0.4, 0.5) is 17.1 Å². The van der Waals surface area contributed by atoms with Crippen molar-refractivity contribution in [2.24, 2.45) is 15.5 Å². The van der Waals surface area contributed by atoms with Gasteiger partial charge >= 0.3 is 40.9 Å². The molecule has 0 radical (unpaired) electrons. The Balaban J connectivity index is 0.000000254. The summed E-state index contributed by atoms with van der Waals surface area (Å²) in [6.07, 6.45) is 5.74. The molecule has 18 heteroatoms. The van der Waals surface area contributed by atoms with Crippen LogP contribution >= 0.6 is 0 Å². The van der Waals surface area contributed by atoms with Crippen LogP contribution in [0, 0.1) is 14.7 Å². The van der Waals surface area contributed by atoms with E-state index in [1.54, 1.807) is 72.8 Å². The van der Waals surface area contributed by atoms with Crippen LogP contribution < -0.4 is 14.2 Å². The van der Waals surface area contributed by atoms with Gasteiger partial charge in [-0.05, 0) is 129 Å². The summed E-state index contributed by atoms with van der Waals surface area (Å²) in [5.41, 5.74) is 2.09. The van der Waals surface area contributed by atoms with Crippen LogP contribution in [0.3, 0.4) is 0 Å². The predicted molar refractivity (Wildman–Crippen MR) is 232 cm³/mol. The maximum atomic E-state index is 12.0. The SMILES string of the molecule is C=Cc1ccc(OC(=O)c2ccc(O)c(N=O)c2)cc1.C=Cc1ccc(OC(=O)c2ccc(O)c(N=O)c2)cc1.O=Nc1cc(C(=O)Oc2ccc(/C=C\C(=O)O)cc2)ccc1O.[Fe+2]. The molecular weight excluding hydrogens is 874 g/mol. The number of rotatable bonds is 13. The molecule has 0 aromatic heterocycles. The van der Waals surface area contributed by atoms with Crippen molar-refractivity contribution in [3.05, 3.63) is 195 Å². The van der Waals surface area contributed by atoms with Crippen LogP contribution in [0.2, 0.25) is 0 Å². The minimum absolute atomic E-state index is 0. The van der Waals surface area contributed by atoms with E-state index in [1.165, 1.54) is 66.7 Å². The van der Waals surface area contributed by atoms with Gasteiger partial charge in [-0.25, -0.2) is 19.2 Å². The van der Waals surface area contributed by atoms with Crippen LogP contribution in [-0.2, 0) is 21.9 Å². The van der Waals surface area contributed by atoms with Gasteiger partial charge in [-0.3, -0.25) is 0 Å². The summed E-state index contributed by atoms with van der Waals surface area (Å²) in [5, 5.41) is 44.3. The second-order valence-electron chi connectivity index (χ2n) is 12.3. The largest absolute Gasteiger partial charge is 2.00 e. The van der Waals surface area contributed by atoms with E-state index in [2.05, 4.69) is 28.7 Å². The van der Waals surface area contributed by atoms with Gasteiger partial charge in [-0.2, -0.15) is 0 Å². The number of nitroso groups, excluding NO2 is 3. The van der Waals surface area contributed by atoms with Crippen molar-refractivity contribution in [1.82, 2.24) is 0 Å². The molecule has 17 nitrogen and oxygen atoms in total. The molecule has 322 valence electrons. The number of aliphatic carboxylic acids is 1. The quantitative estimate of drug-likeness (QED) is 0.0276. The zero-order chi connectivity index (χ0) is 45.9. The van der Waals surface area contributed by atoms with Gasteiger partial charge in [0.2, 0.25) is 0 Å². The predicted octanol–water partition coefficient (Wildman–Crippen LogP) is 10.4. The number of aromatic hydroxyl groups is 3. The third-order valence-corrected chi connectivity index (χ3v) is 8.09. The second kappa shape index (κ2) is 24.4. The molecule has 0 aliphatic rings. The molecule has 6 aromatic rings. The average Bonchev–Trinajstić information content (AvgIpc) is 3.30. The zero-order valence-electron chi connectivity index (χ0n) is 32.9. The smallest absolute Gasteiger partial charge is 0.506 e. The Labute approximate surface area is 373 Å². The van der Waals surface area contributed by atoms with Crippen LogP contribution in [0.15, 0.2) is 162 Å². The van der Waals surface area contributed by atoms with Crippen LogP contribution in [-0.4, -0.2) is 44.3 Å². The fourth-order valence-corrected chi connectivity index (χ4v) is 4.83. The molecule has 0 bridgehead atoms. The molecule has 0 saturated carbocycles. The maximum absolute atomic E-state index is 12.0. The molecule has 0 unspecified atom stereocenters. The number of carboxylic acid groups (broad SMARTS) is 1.